The van der Waals surface area contributed by atoms with Crippen molar-refractivity contribution in [3.8, 4) is 22.3 Å². The van der Waals surface area contributed by atoms with Crippen LogP contribution in [0, 0.1) is 13.8 Å². The molecular formula is C38H29NO. The van der Waals surface area contributed by atoms with E-state index in [1.54, 1.807) is 0 Å². The molecule has 0 N–H and O–H groups in total. The van der Waals surface area contributed by atoms with Crippen LogP contribution >= 0.6 is 0 Å². The maximum atomic E-state index is 6.12. The SMILES string of the molecule is Cc1ccc(N(c2ccc(C)cc2)c2ccc(-c3ccc4oc5ccccc5c4c3)c(-c3ccccc3)c2)cc1. The molecule has 1 heterocycles. The van der Waals surface area contributed by atoms with Gasteiger partial charge in [-0.25, -0.2) is 0 Å². The predicted molar refractivity (Wildman–Crippen MR) is 169 cm³/mol. The minimum absolute atomic E-state index is 0.910. The van der Waals surface area contributed by atoms with Crippen molar-refractivity contribution >= 4 is 39.0 Å². The Morgan fingerprint density at radius 2 is 1.02 bits per heavy atom. The molecule has 0 fully saturated rings. The Balaban J connectivity index is 1.43. The molecule has 0 unspecified atom stereocenters. The van der Waals surface area contributed by atoms with Gasteiger partial charge in [-0.05, 0) is 90.7 Å². The lowest BCUT2D eigenvalue weighted by molar-refractivity contribution is 0.669. The van der Waals surface area contributed by atoms with E-state index in [0.29, 0.717) is 0 Å². The van der Waals surface area contributed by atoms with Crippen LogP contribution in [0.15, 0.2) is 144 Å². The van der Waals surface area contributed by atoms with E-state index >= 15 is 0 Å². The molecule has 7 rings (SSSR count). The molecule has 2 nitrogen and oxygen atoms in total. The minimum Gasteiger partial charge on any atom is -0.456 e. The Labute approximate surface area is 234 Å². The lowest BCUT2D eigenvalue weighted by Gasteiger charge is -2.27. The Morgan fingerprint density at radius 1 is 0.425 bits per heavy atom. The number of aryl methyl sites for hydroxylation is 2. The van der Waals surface area contributed by atoms with Crippen molar-refractivity contribution < 1.29 is 4.42 Å². The second-order valence-corrected chi connectivity index (χ2v) is 10.4. The molecule has 2 heteroatoms. The van der Waals surface area contributed by atoms with Gasteiger partial charge < -0.3 is 9.32 Å². The number of hydrogen-bond acceptors (Lipinski definition) is 2. The summed E-state index contributed by atoms with van der Waals surface area (Å²) in [6.45, 7) is 4.25. The molecule has 40 heavy (non-hydrogen) atoms. The fourth-order valence-electron chi connectivity index (χ4n) is 5.51. The molecule has 0 saturated heterocycles. The number of para-hydroxylation sites is 1. The van der Waals surface area contributed by atoms with Crippen LogP contribution in [0.2, 0.25) is 0 Å². The topological polar surface area (TPSA) is 16.4 Å². The van der Waals surface area contributed by atoms with Crippen molar-refractivity contribution in [3.63, 3.8) is 0 Å². The maximum absolute atomic E-state index is 6.12. The molecule has 192 valence electrons. The average molecular weight is 516 g/mol. The van der Waals surface area contributed by atoms with Gasteiger partial charge in [0.15, 0.2) is 0 Å². The zero-order valence-electron chi connectivity index (χ0n) is 22.6. The monoisotopic (exact) mass is 515 g/mol. The van der Waals surface area contributed by atoms with Gasteiger partial charge in [0, 0.05) is 27.8 Å². The standard InChI is InChI=1S/C38H29NO/c1-26-12-17-30(18-13-26)39(31-19-14-27(2)15-20-31)32-21-22-33(35(25-32)28-8-4-3-5-9-28)29-16-23-38-36(24-29)34-10-6-7-11-37(34)40-38/h3-25H,1-2H3. The van der Waals surface area contributed by atoms with Gasteiger partial charge in [0.2, 0.25) is 0 Å². The Morgan fingerprint density at radius 3 is 1.73 bits per heavy atom. The van der Waals surface area contributed by atoms with Crippen molar-refractivity contribution in [1.82, 2.24) is 0 Å². The predicted octanol–water partition coefficient (Wildman–Crippen LogP) is 11.0. The first-order chi connectivity index (χ1) is 19.6. The first kappa shape index (κ1) is 24.0. The summed E-state index contributed by atoms with van der Waals surface area (Å²) in [4.78, 5) is 2.34. The van der Waals surface area contributed by atoms with Crippen LogP contribution in [0.25, 0.3) is 44.2 Å². The van der Waals surface area contributed by atoms with Crippen LogP contribution in [0.1, 0.15) is 11.1 Å². The molecule has 0 radical (unpaired) electrons. The van der Waals surface area contributed by atoms with E-state index in [1.165, 1.54) is 33.4 Å². The third-order valence-corrected chi connectivity index (χ3v) is 7.62. The summed E-state index contributed by atoms with van der Waals surface area (Å²) in [5.41, 5.74) is 12.4. The normalized spacial score (nSPS) is 11.2. The number of fused-ring (bicyclic) bond motifs is 3. The minimum atomic E-state index is 0.910. The summed E-state index contributed by atoms with van der Waals surface area (Å²) in [7, 11) is 0. The van der Waals surface area contributed by atoms with Crippen LogP contribution in [-0.4, -0.2) is 0 Å². The zero-order chi connectivity index (χ0) is 27.1. The number of benzene rings is 6. The fraction of sp³-hybridized carbons (Fsp3) is 0.0526. The fourth-order valence-corrected chi connectivity index (χ4v) is 5.51. The molecule has 1 aromatic heterocycles. The average Bonchev–Trinajstić information content (AvgIpc) is 3.38. The first-order valence-electron chi connectivity index (χ1n) is 13.7. The summed E-state index contributed by atoms with van der Waals surface area (Å²) < 4.78 is 6.12. The quantitative estimate of drug-likeness (QED) is 0.227. The molecule has 0 aliphatic carbocycles. The largest absolute Gasteiger partial charge is 0.456 e. The number of rotatable bonds is 5. The van der Waals surface area contributed by atoms with E-state index in [4.69, 9.17) is 4.42 Å². The number of hydrogen-bond donors (Lipinski definition) is 0. The van der Waals surface area contributed by atoms with Crippen molar-refractivity contribution in [2.75, 3.05) is 4.90 Å². The molecule has 0 aliphatic heterocycles. The van der Waals surface area contributed by atoms with Gasteiger partial charge in [-0.3, -0.25) is 0 Å². The highest BCUT2D eigenvalue weighted by molar-refractivity contribution is 6.06. The molecule has 0 aliphatic rings. The molecule has 0 saturated carbocycles. The number of nitrogens with zero attached hydrogens (tertiary/aromatic N) is 1. The van der Waals surface area contributed by atoms with Gasteiger partial charge in [0.1, 0.15) is 11.2 Å². The van der Waals surface area contributed by atoms with Crippen LogP contribution in [-0.2, 0) is 0 Å². The van der Waals surface area contributed by atoms with E-state index in [0.717, 1.165) is 39.0 Å². The van der Waals surface area contributed by atoms with Crippen molar-refractivity contribution in [2.45, 2.75) is 13.8 Å². The van der Waals surface area contributed by atoms with Crippen LogP contribution in [0.5, 0.6) is 0 Å². The zero-order valence-corrected chi connectivity index (χ0v) is 22.6. The molecule has 6 aromatic carbocycles. The molecule has 0 atom stereocenters. The van der Waals surface area contributed by atoms with E-state index in [1.807, 2.05) is 12.1 Å². The van der Waals surface area contributed by atoms with Crippen LogP contribution in [0.3, 0.4) is 0 Å². The lowest BCUT2D eigenvalue weighted by atomic mass is 9.92. The summed E-state index contributed by atoms with van der Waals surface area (Å²) in [6.07, 6.45) is 0. The summed E-state index contributed by atoms with van der Waals surface area (Å²) in [6, 6.07) is 49.8. The third-order valence-electron chi connectivity index (χ3n) is 7.62. The van der Waals surface area contributed by atoms with E-state index in [2.05, 4.69) is 146 Å². The van der Waals surface area contributed by atoms with Crippen molar-refractivity contribution in [2.24, 2.45) is 0 Å². The highest BCUT2D eigenvalue weighted by Crippen LogP contribution is 2.42. The van der Waals surface area contributed by atoms with E-state index in [9.17, 15) is 0 Å². The highest BCUT2D eigenvalue weighted by atomic mass is 16.3. The molecule has 0 amide bonds. The Hall–Kier alpha value is -5.08. The first-order valence-corrected chi connectivity index (χ1v) is 13.7. The number of furan rings is 1. The van der Waals surface area contributed by atoms with E-state index < -0.39 is 0 Å². The van der Waals surface area contributed by atoms with E-state index in [-0.39, 0.29) is 0 Å². The second-order valence-electron chi connectivity index (χ2n) is 10.4. The molecule has 0 spiro atoms. The molecule has 7 aromatic rings. The van der Waals surface area contributed by atoms with Crippen LogP contribution < -0.4 is 4.90 Å². The van der Waals surface area contributed by atoms with Gasteiger partial charge in [-0.2, -0.15) is 0 Å². The van der Waals surface area contributed by atoms with Gasteiger partial charge in [0.05, 0.1) is 0 Å². The lowest BCUT2D eigenvalue weighted by Crippen LogP contribution is -2.10. The highest BCUT2D eigenvalue weighted by Gasteiger charge is 2.17. The van der Waals surface area contributed by atoms with Gasteiger partial charge in [-0.1, -0.05) is 96.1 Å². The van der Waals surface area contributed by atoms with Crippen molar-refractivity contribution in [3.05, 3.63) is 151 Å². The Bertz CT molecular complexity index is 1900. The smallest absolute Gasteiger partial charge is 0.135 e. The summed E-state index contributed by atoms with van der Waals surface area (Å²) in [5.74, 6) is 0. The van der Waals surface area contributed by atoms with Crippen molar-refractivity contribution in [1.29, 1.82) is 0 Å². The second kappa shape index (κ2) is 9.91. The molecule has 0 bridgehead atoms. The van der Waals surface area contributed by atoms with Crippen LogP contribution in [0.4, 0.5) is 17.1 Å². The van der Waals surface area contributed by atoms with Gasteiger partial charge in [0.25, 0.3) is 0 Å². The van der Waals surface area contributed by atoms with Gasteiger partial charge in [-0.15, -0.1) is 0 Å². The summed E-state index contributed by atoms with van der Waals surface area (Å²) >= 11 is 0. The Kier molecular flexibility index (Phi) is 5.94. The molecular weight excluding hydrogens is 486 g/mol. The third kappa shape index (κ3) is 4.34. The maximum Gasteiger partial charge on any atom is 0.135 e. The number of anilines is 3. The van der Waals surface area contributed by atoms with Gasteiger partial charge >= 0.3 is 0 Å². The summed E-state index contributed by atoms with van der Waals surface area (Å²) in [5, 5.41) is 2.28.